The predicted molar refractivity (Wildman–Crippen MR) is 73.4 cm³/mol. The lowest BCUT2D eigenvalue weighted by Gasteiger charge is -2.03. The normalized spacial score (nSPS) is 12.3. The average molecular weight is 358 g/mol. The molecule has 0 aliphatic rings. The van der Waals surface area contributed by atoms with E-state index in [9.17, 15) is 4.79 Å². The first-order chi connectivity index (χ1) is 8.58. The second-order valence-corrected chi connectivity index (χ2v) is 4.92. The van der Waals surface area contributed by atoms with Gasteiger partial charge in [-0.1, -0.05) is 17.3 Å². The van der Waals surface area contributed by atoms with Crippen LogP contribution in [-0.4, -0.2) is 32.1 Å². The monoisotopic (exact) mass is 358 g/mol. The fourth-order valence-corrected chi connectivity index (χ4v) is 2.09. The third-order valence-electron chi connectivity index (χ3n) is 2.39. The van der Waals surface area contributed by atoms with Crippen molar-refractivity contribution in [3.8, 4) is 5.69 Å². The van der Waals surface area contributed by atoms with Gasteiger partial charge in [0.1, 0.15) is 6.04 Å². The number of benzene rings is 1. The molecule has 18 heavy (non-hydrogen) atoms. The van der Waals surface area contributed by atoms with Gasteiger partial charge in [-0.3, -0.25) is 4.79 Å². The molecule has 0 bridgehead atoms. The molecule has 0 radical (unpaired) electrons. The number of carboxylic acid groups (broad SMARTS) is 1. The quantitative estimate of drug-likeness (QED) is 0.790. The predicted octanol–water partition coefficient (Wildman–Crippen LogP) is 0.826. The van der Waals surface area contributed by atoms with Crippen LogP contribution in [-0.2, 0) is 11.2 Å². The maximum Gasteiger partial charge on any atom is 0.320 e. The number of nitrogens with two attached hydrogens (primary N) is 1. The minimum absolute atomic E-state index is 0.165. The molecule has 0 aliphatic heterocycles. The lowest BCUT2D eigenvalue weighted by atomic mass is 10.2. The number of rotatable bonds is 4. The van der Waals surface area contributed by atoms with Crippen molar-refractivity contribution in [2.75, 3.05) is 0 Å². The van der Waals surface area contributed by atoms with Gasteiger partial charge in [-0.25, -0.2) is 4.68 Å². The minimum Gasteiger partial charge on any atom is -0.480 e. The van der Waals surface area contributed by atoms with Gasteiger partial charge in [0.15, 0.2) is 0 Å². The van der Waals surface area contributed by atoms with Gasteiger partial charge in [0, 0.05) is 9.99 Å². The average Bonchev–Trinajstić information content (AvgIpc) is 2.77. The largest absolute Gasteiger partial charge is 0.480 e. The maximum absolute atomic E-state index is 10.7. The summed E-state index contributed by atoms with van der Waals surface area (Å²) in [5.74, 6) is -1.04. The summed E-state index contributed by atoms with van der Waals surface area (Å²) in [6.45, 7) is 0. The zero-order valence-corrected chi connectivity index (χ0v) is 11.5. The summed E-state index contributed by atoms with van der Waals surface area (Å²) >= 11 is 2.20. The van der Waals surface area contributed by atoms with Crippen LogP contribution < -0.4 is 5.73 Å². The second-order valence-electron chi connectivity index (χ2n) is 3.75. The number of aromatic nitrogens is 3. The number of carboxylic acids is 1. The van der Waals surface area contributed by atoms with Crippen molar-refractivity contribution in [2.24, 2.45) is 5.73 Å². The highest BCUT2D eigenvalue weighted by Crippen LogP contribution is 2.15. The van der Waals surface area contributed by atoms with E-state index in [1.165, 1.54) is 0 Å². The van der Waals surface area contributed by atoms with Crippen LogP contribution in [0.2, 0.25) is 0 Å². The molecule has 3 N–H and O–H groups in total. The lowest BCUT2D eigenvalue weighted by Crippen LogP contribution is -2.32. The van der Waals surface area contributed by atoms with E-state index in [0.29, 0.717) is 5.69 Å². The van der Waals surface area contributed by atoms with E-state index in [-0.39, 0.29) is 6.42 Å². The topological polar surface area (TPSA) is 94.0 Å². The summed E-state index contributed by atoms with van der Waals surface area (Å²) in [6.07, 6.45) is 1.86. The van der Waals surface area contributed by atoms with Crippen molar-refractivity contribution in [1.82, 2.24) is 15.0 Å². The summed E-state index contributed by atoms with van der Waals surface area (Å²) in [6, 6.07) is 6.76. The maximum atomic E-state index is 10.7. The third kappa shape index (κ3) is 2.85. The summed E-state index contributed by atoms with van der Waals surface area (Å²) in [5, 5.41) is 16.6. The van der Waals surface area contributed by atoms with Crippen LogP contribution in [0.1, 0.15) is 5.69 Å². The SMILES string of the molecule is NC(Cc1cn(-c2ccccc2I)nn1)C(=O)O. The molecule has 0 fully saturated rings. The van der Waals surface area contributed by atoms with E-state index in [2.05, 4.69) is 32.9 Å². The third-order valence-corrected chi connectivity index (χ3v) is 3.30. The Balaban J connectivity index is 2.21. The molecular formula is C11H11IN4O2. The molecule has 7 heteroatoms. The molecule has 0 spiro atoms. The fourth-order valence-electron chi connectivity index (χ4n) is 1.46. The standard InChI is InChI=1S/C11H11IN4O2/c12-8-3-1-2-4-10(8)16-6-7(14-15-16)5-9(13)11(17)18/h1-4,6,9H,5,13H2,(H,17,18). The van der Waals surface area contributed by atoms with Gasteiger partial charge in [-0.05, 0) is 34.7 Å². The summed E-state index contributed by atoms with van der Waals surface area (Å²) in [4.78, 5) is 10.7. The van der Waals surface area contributed by atoms with Gasteiger partial charge in [-0.15, -0.1) is 5.10 Å². The molecule has 2 rings (SSSR count). The van der Waals surface area contributed by atoms with Crippen molar-refractivity contribution in [3.63, 3.8) is 0 Å². The van der Waals surface area contributed by atoms with Gasteiger partial charge in [0.25, 0.3) is 0 Å². The molecule has 1 atom stereocenters. The van der Waals surface area contributed by atoms with Crippen LogP contribution >= 0.6 is 22.6 Å². The first kappa shape index (κ1) is 13.0. The van der Waals surface area contributed by atoms with Gasteiger partial charge < -0.3 is 10.8 Å². The molecule has 94 valence electrons. The molecule has 1 heterocycles. The first-order valence-corrected chi connectivity index (χ1v) is 6.30. The van der Waals surface area contributed by atoms with E-state index in [1.54, 1.807) is 10.9 Å². The molecule has 0 aliphatic carbocycles. The van der Waals surface area contributed by atoms with Gasteiger partial charge in [-0.2, -0.15) is 0 Å². The molecule has 1 unspecified atom stereocenters. The molecular weight excluding hydrogens is 347 g/mol. The Hall–Kier alpha value is -1.48. The minimum atomic E-state index is -1.04. The number of nitrogens with zero attached hydrogens (tertiary/aromatic N) is 3. The number of halogens is 1. The van der Waals surface area contributed by atoms with Crippen molar-refractivity contribution in [1.29, 1.82) is 0 Å². The molecule has 2 aromatic rings. The van der Waals surface area contributed by atoms with Crippen LogP contribution in [0.4, 0.5) is 0 Å². The van der Waals surface area contributed by atoms with Crippen LogP contribution in [0.3, 0.4) is 0 Å². The Kier molecular flexibility index (Phi) is 3.92. The Labute approximate surface area is 117 Å². The highest BCUT2D eigenvalue weighted by molar-refractivity contribution is 14.1. The Bertz CT molecular complexity index is 570. The fraction of sp³-hybridized carbons (Fsp3) is 0.182. The first-order valence-electron chi connectivity index (χ1n) is 5.22. The summed E-state index contributed by atoms with van der Waals surface area (Å²) < 4.78 is 2.65. The highest BCUT2D eigenvalue weighted by Gasteiger charge is 2.15. The van der Waals surface area contributed by atoms with E-state index in [0.717, 1.165) is 9.26 Å². The van der Waals surface area contributed by atoms with E-state index < -0.39 is 12.0 Å². The van der Waals surface area contributed by atoms with Crippen LogP contribution in [0.25, 0.3) is 5.69 Å². The Morgan fingerprint density at radius 1 is 1.50 bits per heavy atom. The highest BCUT2D eigenvalue weighted by atomic mass is 127. The Morgan fingerprint density at radius 2 is 2.22 bits per heavy atom. The number of para-hydroxylation sites is 1. The van der Waals surface area contributed by atoms with Gasteiger partial charge in [0.2, 0.25) is 0 Å². The zero-order valence-electron chi connectivity index (χ0n) is 9.32. The van der Waals surface area contributed by atoms with Crippen LogP contribution in [0, 0.1) is 3.57 Å². The molecule has 0 amide bonds. The van der Waals surface area contributed by atoms with Crippen LogP contribution in [0.5, 0.6) is 0 Å². The summed E-state index contributed by atoms with van der Waals surface area (Å²) in [5.41, 5.74) is 6.91. The lowest BCUT2D eigenvalue weighted by molar-refractivity contribution is -0.138. The molecule has 1 aromatic heterocycles. The van der Waals surface area contributed by atoms with Gasteiger partial charge >= 0.3 is 5.97 Å². The van der Waals surface area contributed by atoms with Crippen molar-refractivity contribution < 1.29 is 9.90 Å². The Morgan fingerprint density at radius 3 is 2.89 bits per heavy atom. The van der Waals surface area contributed by atoms with Crippen molar-refractivity contribution >= 4 is 28.6 Å². The second kappa shape index (κ2) is 5.44. The van der Waals surface area contributed by atoms with E-state index in [1.807, 2.05) is 24.3 Å². The van der Waals surface area contributed by atoms with Crippen molar-refractivity contribution in [3.05, 3.63) is 39.7 Å². The number of hydrogen-bond acceptors (Lipinski definition) is 4. The van der Waals surface area contributed by atoms with E-state index in [4.69, 9.17) is 10.8 Å². The molecule has 1 aromatic carbocycles. The van der Waals surface area contributed by atoms with Crippen molar-refractivity contribution in [2.45, 2.75) is 12.5 Å². The zero-order chi connectivity index (χ0) is 13.1. The number of aliphatic carboxylic acids is 1. The van der Waals surface area contributed by atoms with E-state index >= 15 is 0 Å². The molecule has 0 saturated carbocycles. The number of carbonyl (C=O) groups is 1. The van der Waals surface area contributed by atoms with Crippen LogP contribution in [0.15, 0.2) is 30.5 Å². The smallest absolute Gasteiger partial charge is 0.320 e. The summed E-state index contributed by atoms with van der Waals surface area (Å²) in [7, 11) is 0. The molecule has 6 nitrogen and oxygen atoms in total. The van der Waals surface area contributed by atoms with Gasteiger partial charge in [0.05, 0.1) is 17.6 Å². The number of hydrogen-bond donors (Lipinski definition) is 2. The molecule has 0 saturated heterocycles.